The molecule has 188 valence electrons. The first-order chi connectivity index (χ1) is 17.1. The van der Waals surface area contributed by atoms with E-state index in [1.54, 1.807) is 44.4 Å². The zero-order chi connectivity index (χ0) is 26.4. The molecule has 3 rings (SSSR count). The van der Waals surface area contributed by atoms with Gasteiger partial charge in [0.2, 0.25) is 0 Å². The van der Waals surface area contributed by atoms with Crippen molar-refractivity contribution in [2.75, 3.05) is 6.26 Å². The van der Waals surface area contributed by atoms with Crippen molar-refractivity contribution in [1.29, 1.82) is 0 Å². The van der Waals surface area contributed by atoms with Crippen LogP contribution in [0.25, 0.3) is 6.20 Å². The number of nitrogens with zero attached hydrogens (tertiary/aromatic N) is 4. The molecule has 0 bridgehead atoms. The van der Waals surface area contributed by atoms with Crippen LogP contribution in [0, 0.1) is 12.7 Å². The fourth-order valence-electron chi connectivity index (χ4n) is 3.58. The Kier molecular flexibility index (Phi) is 9.17. The lowest BCUT2D eigenvalue weighted by atomic mass is 9.97. The number of allylic oxidation sites excluding steroid dienone is 2. The molecule has 36 heavy (non-hydrogen) atoms. The number of aliphatic imine (C=N–C) groups is 1. The SMILES string of the molecule is C/C=C/N=C(/C(F)=C/n1c(C)cc(C(C)Cc2ncccn2)c(Cl)c1=O)c1cccc(S(C)=O)c1F. The van der Waals surface area contributed by atoms with Crippen molar-refractivity contribution in [1.82, 2.24) is 14.5 Å². The second-order valence-electron chi connectivity index (χ2n) is 8.01. The summed E-state index contributed by atoms with van der Waals surface area (Å²) in [7, 11) is -1.63. The molecule has 0 fully saturated rings. The molecule has 0 spiro atoms. The summed E-state index contributed by atoms with van der Waals surface area (Å²) in [6, 6.07) is 7.57. The Morgan fingerprint density at radius 1 is 1.28 bits per heavy atom. The highest BCUT2D eigenvalue weighted by atomic mass is 35.5. The van der Waals surface area contributed by atoms with Crippen LogP contribution in [0.2, 0.25) is 5.02 Å². The molecule has 2 heterocycles. The molecule has 0 aliphatic carbocycles. The van der Waals surface area contributed by atoms with Gasteiger partial charge in [0.15, 0.2) is 5.83 Å². The molecule has 0 amide bonds. The van der Waals surface area contributed by atoms with Gasteiger partial charge < -0.3 is 0 Å². The standard InChI is InChI=1S/C26H25ClF2N4O2S/c1-5-10-32-25(18-8-6-9-21(24(18)29)36(4)35)20(28)15-33-17(3)14-19(23(27)26(33)34)16(2)13-22-30-11-7-12-31-22/h5-12,14-16H,13H2,1-4H3/b10-5+,20-15-,32-25+. The van der Waals surface area contributed by atoms with Crippen molar-refractivity contribution in [3.63, 3.8) is 0 Å². The van der Waals surface area contributed by atoms with Gasteiger partial charge in [0.25, 0.3) is 5.56 Å². The van der Waals surface area contributed by atoms with Gasteiger partial charge in [-0.05, 0) is 49.6 Å². The summed E-state index contributed by atoms with van der Waals surface area (Å²) < 4.78 is 43.5. The van der Waals surface area contributed by atoms with E-state index in [0.29, 0.717) is 23.5 Å². The molecule has 0 radical (unpaired) electrons. The zero-order valence-electron chi connectivity index (χ0n) is 20.2. The summed E-state index contributed by atoms with van der Waals surface area (Å²) in [5, 5.41) is -0.0606. The monoisotopic (exact) mass is 530 g/mol. The number of hydrogen-bond acceptors (Lipinski definition) is 5. The summed E-state index contributed by atoms with van der Waals surface area (Å²) in [6.07, 6.45) is 8.84. The van der Waals surface area contributed by atoms with Gasteiger partial charge >= 0.3 is 0 Å². The summed E-state index contributed by atoms with van der Waals surface area (Å²) in [6.45, 7) is 5.21. The summed E-state index contributed by atoms with van der Waals surface area (Å²) in [4.78, 5) is 25.5. The van der Waals surface area contributed by atoms with Crippen molar-refractivity contribution in [3.8, 4) is 0 Å². The van der Waals surface area contributed by atoms with Crippen molar-refractivity contribution >= 4 is 34.3 Å². The Morgan fingerprint density at radius 2 is 1.97 bits per heavy atom. The number of hydrogen-bond donors (Lipinski definition) is 0. The Morgan fingerprint density at radius 3 is 2.61 bits per heavy atom. The Bertz CT molecular complexity index is 1440. The molecule has 0 saturated heterocycles. The lowest BCUT2D eigenvalue weighted by molar-refractivity contribution is 0.591. The lowest BCUT2D eigenvalue weighted by Gasteiger charge is -2.16. The van der Waals surface area contributed by atoms with Crippen LogP contribution in [0.3, 0.4) is 0 Å². The summed E-state index contributed by atoms with van der Waals surface area (Å²) in [5.74, 6) is -1.38. The van der Waals surface area contributed by atoms with Crippen molar-refractivity contribution in [2.45, 2.75) is 38.0 Å². The average molecular weight is 531 g/mol. The van der Waals surface area contributed by atoms with Gasteiger partial charge in [-0.1, -0.05) is 30.7 Å². The van der Waals surface area contributed by atoms with Crippen molar-refractivity contribution in [3.05, 3.63) is 105 Å². The van der Waals surface area contributed by atoms with E-state index in [1.165, 1.54) is 30.7 Å². The first-order valence-electron chi connectivity index (χ1n) is 11.0. The highest BCUT2D eigenvalue weighted by Crippen LogP contribution is 2.26. The maximum Gasteiger partial charge on any atom is 0.273 e. The first-order valence-corrected chi connectivity index (χ1v) is 13.0. The number of halogens is 3. The minimum absolute atomic E-state index is 0.0606. The van der Waals surface area contributed by atoms with Crippen LogP contribution in [-0.2, 0) is 17.2 Å². The minimum Gasteiger partial charge on any atom is -0.284 e. The fraction of sp³-hybridized carbons (Fsp3) is 0.231. The van der Waals surface area contributed by atoms with Crippen LogP contribution >= 0.6 is 11.6 Å². The smallest absolute Gasteiger partial charge is 0.273 e. The molecule has 2 aromatic heterocycles. The molecule has 2 atom stereocenters. The molecule has 0 N–H and O–H groups in total. The predicted molar refractivity (Wildman–Crippen MR) is 140 cm³/mol. The first kappa shape index (κ1) is 27.3. The van der Waals surface area contributed by atoms with Gasteiger partial charge in [-0.2, -0.15) is 0 Å². The van der Waals surface area contributed by atoms with E-state index in [9.17, 15) is 9.00 Å². The van der Waals surface area contributed by atoms with Gasteiger partial charge in [-0.25, -0.2) is 18.7 Å². The average Bonchev–Trinajstić information content (AvgIpc) is 2.85. The van der Waals surface area contributed by atoms with Gasteiger partial charge in [0, 0.05) is 42.5 Å². The molecule has 0 aliphatic rings. The number of rotatable bonds is 8. The Labute approximate surface area is 215 Å². The molecule has 1 aromatic carbocycles. The van der Waals surface area contributed by atoms with Gasteiger partial charge in [-0.3, -0.25) is 18.6 Å². The molecule has 3 aromatic rings. The number of benzene rings is 1. The third-order valence-electron chi connectivity index (χ3n) is 5.39. The van der Waals surface area contributed by atoms with Gasteiger partial charge in [-0.15, -0.1) is 0 Å². The van der Waals surface area contributed by atoms with Gasteiger partial charge in [0.05, 0.1) is 21.9 Å². The van der Waals surface area contributed by atoms with Crippen LogP contribution in [0.4, 0.5) is 8.78 Å². The number of aromatic nitrogens is 3. The van der Waals surface area contributed by atoms with E-state index in [1.807, 2.05) is 6.92 Å². The summed E-state index contributed by atoms with van der Waals surface area (Å²) >= 11 is 6.41. The van der Waals surface area contributed by atoms with Crippen molar-refractivity contribution in [2.24, 2.45) is 4.99 Å². The molecule has 10 heteroatoms. The quantitative estimate of drug-likeness (QED) is 0.354. The normalized spacial score (nSPS) is 14.3. The number of pyridine rings is 1. The zero-order valence-corrected chi connectivity index (χ0v) is 21.8. The third-order valence-corrected chi connectivity index (χ3v) is 6.71. The minimum atomic E-state index is -1.63. The van der Waals surface area contributed by atoms with Crippen LogP contribution < -0.4 is 5.56 Å². The predicted octanol–water partition coefficient (Wildman–Crippen LogP) is 5.61. The Balaban J connectivity index is 2.07. The Hall–Kier alpha value is -3.30. The fourth-order valence-corrected chi connectivity index (χ4v) is 4.55. The van der Waals surface area contributed by atoms with Crippen LogP contribution in [0.1, 0.15) is 42.4 Å². The molecule has 6 nitrogen and oxygen atoms in total. The van der Waals surface area contributed by atoms with E-state index in [0.717, 1.165) is 10.8 Å². The largest absolute Gasteiger partial charge is 0.284 e. The molecular formula is C26H25ClF2N4O2S. The second kappa shape index (κ2) is 12.1. The van der Waals surface area contributed by atoms with E-state index >= 15 is 8.78 Å². The summed E-state index contributed by atoms with van der Waals surface area (Å²) in [5.41, 5.74) is -0.149. The van der Waals surface area contributed by atoms with Crippen molar-refractivity contribution < 1.29 is 13.0 Å². The van der Waals surface area contributed by atoms with Crippen LogP contribution in [-0.4, -0.2) is 30.7 Å². The second-order valence-corrected chi connectivity index (χ2v) is 9.74. The maximum atomic E-state index is 15.5. The molecule has 2 unspecified atom stereocenters. The van der Waals surface area contributed by atoms with Crippen LogP contribution in [0.5, 0.6) is 0 Å². The highest BCUT2D eigenvalue weighted by molar-refractivity contribution is 7.84. The third kappa shape index (κ3) is 6.09. The lowest BCUT2D eigenvalue weighted by Crippen LogP contribution is -2.22. The van der Waals surface area contributed by atoms with Gasteiger partial charge in [0.1, 0.15) is 22.4 Å². The van der Waals surface area contributed by atoms with E-state index in [2.05, 4.69) is 15.0 Å². The number of aryl methyl sites for hydroxylation is 1. The highest BCUT2D eigenvalue weighted by Gasteiger charge is 2.21. The molecule has 0 saturated carbocycles. The van der Waals surface area contributed by atoms with E-state index in [-0.39, 0.29) is 27.1 Å². The van der Waals surface area contributed by atoms with E-state index in [4.69, 9.17) is 11.6 Å². The topological polar surface area (TPSA) is 77.2 Å². The van der Waals surface area contributed by atoms with Crippen LogP contribution in [0.15, 0.2) is 75.5 Å². The van der Waals surface area contributed by atoms with E-state index < -0.39 is 28.0 Å². The molecular weight excluding hydrogens is 506 g/mol. The molecule has 0 aliphatic heterocycles. The maximum absolute atomic E-state index is 15.5.